The maximum Gasteiger partial charge on any atom is 0.240 e. The van der Waals surface area contributed by atoms with E-state index in [1.807, 2.05) is 22.6 Å². The number of nitrogens with one attached hydrogen (secondary N) is 2. The topological polar surface area (TPSA) is 75.3 Å². The average Bonchev–Trinajstić information content (AvgIpc) is 2.29. The molecule has 0 fully saturated rings. The Morgan fingerprint density at radius 1 is 1.31 bits per heavy atom. The first-order valence-corrected chi connectivity index (χ1v) is 7.40. The summed E-state index contributed by atoms with van der Waals surface area (Å²) in [7, 11) is -2.06. The van der Waals surface area contributed by atoms with E-state index in [2.05, 4.69) is 10.0 Å². The molecule has 1 rings (SSSR count). The summed E-state index contributed by atoms with van der Waals surface area (Å²) in [4.78, 5) is 11.2. The van der Waals surface area contributed by atoms with Crippen LogP contribution in [0.2, 0.25) is 0 Å². The van der Waals surface area contributed by atoms with Gasteiger partial charge in [-0.3, -0.25) is 4.79 Å². The van der Waals surface area contributed by atoms with E-state index < -0.39 is 10.0 Å². The molecule has 0 aliphatic heterocycles. The summed E-state index contributed by atoms with van der Waals surface area (Å²) in [6.07, 6.45) is 0. The molecule has 16 heavy (non-hydrogen) atoms. The third-order valence-electron chi connectivity index (χ3n) is 1.84. The maximum atomic E-state index is 11.4. The van der Waals surface area contributed by atoms with Gasteiger partial charge >= 0.3 is 0 Å². The zero-order valence-electron chi connectivity index (χ0n) is 8.53. The largest absolute Gasteiger partial charge is 0.325 e. The van der Waals surface area contributed by atoms with Crippen LogP contribution in [-0.4, -0.2) is 25.8 Å². The lowest BCUT2D eigenvalue weighted by Crippen LogP contribution is -2.18. The van der Waals surface area contributed by atoms with Crippen molar-refractivity contribution in [2.24, 2.45) is 0 Å². The number of amides is 1. The fraction of sp³-hybridized carbons (Fsp3) is 0.222. The van der Waals surface area contributed by atoms with Crippen LogP contribution < -0.4 is 10.0 Å². The molecule has 0 heterocycles. The first kappa shape index (κ1) is 13.4. The molecule has 0 aliphatic carbocycles. The van der Waals surface area contributed by atoms with Gasteiger partial charge in [0.05, 0.1) is 9.32 Å². The van der Waals surface area contributed by atoms with E-state index in [1.54, 1.807) is 12.1 Å². The molecule has 0 unspecified atom stereocenters. The number of benzene rings is 1. The smallest absolute Gasteiger partial charge is 0.240 e. The minimum absolute atomic E-state index is 0.121. The molecule has 0 radical (unpaired) electrons. The number of carbonyl (C=O) groups is 1. The van der Waals surface area contributed by atoms with Crippen LogP contribution in [0.15, 0.2) is 29.2 Å². The molecular formula is C9H11IN2O3S. The molecule has 0 saturated carbocycles. The van der Waals surface area contributed by atoms with Gasteiger partial charge < -0.3 is 5.32 Å². The van der Waals surface area contributed by atoms with Crippen molar-refractivity contribution in [3.8, 4) is 0 Å². The van der Waals surface area contributed by atoms with Crippen LogP contribution in [0.5, 0.6) is 0 Å². The quantitative estimate of drug-likeness (QED) is 0.625. The average molecular weight is 354 g/mol. The number of halogens is 1. The standard InChI is InChI=1S/C9H11IN2O3S/c1-11-16(14,15)8-4-2-7(3-5-8)12-9(13)6-10/h2-5,11H,6H2,1H3,(H,12,13). The number of carbonyl (C=O) groups excluding carboxylic acids is 1. The first-order chi connectivity index (χ1) is 7.49. The number of anilines is 1. The second-order valence-electron chi connectivity index (χ2n) is 2.91. The van der Waals surface area contributed by atoms with Crippen LogP contribution in [-0.2, 0) is 14.8 Å². The Labute approximate surface area is 108 Å². The van der Waals surface area contributed by atoms with Crippen molar-refractivity contribution >= 4 is 44.2 Å². The summed E-state index contributed by atoms with van der Waals surface area (Å²) in [5.74, 6) is -0.121. The number of alkyl halides is 1. The molecule has 0 bridgehead atoms. The zero-order valence-corrected chi connectivity index (χ0v) is 11.5. The van der Waals surface area contributed by atoms with Gasteiger partial charge in [-0.25, -0.2) is 13.1 Å². The third kappa shape index (κ3) is 3.42. The van der Waals surface area contributed by atoms with E-state index in [4.69, 9.17) is 0 Å². The number of hydrogen-bond acceptors (Lipinski definition) is 3. The first-order valence-electron chi connectivity index (χ1n) is 4.39. The van der Waals surface area contributed by atoms with Crippen LogP contribution in [0.4, 0.5) is 5.69 Å². The molecule has 0 saturated heterocycles. The molecule has 7 heteroatoms. The van der Waals surface area contributed by atoms with Crippen molar-refractivity contribution in [2.45, 2.75) is 4.90 Å². The molecular weight excluding hydrogens is 343 g/mol. The lowest BCUT2D eigenvalue weighted by atomic mass is 10.3. The molecule has 1 aromatic rings. The van der Waals surface area contributed by atoms with Gasteiger partial charge in [-0.05, 0) is 31.3 Å². The minimum Gasteiger partial charge on any atom is -0.325 e. The Balaban J connectivity index is 2.88. The highest BCUT2D eigenvalue weighted by atomic mass is 127. The molecule has 2 N–H and O–H groups in total. The van der Waals surface area contributed by atoms with Crippen molar-refractivity contribution in [3.05, 3.63) is 24.3 Å². The number of rotatable bonds is 4. The van der Waals surface area contributed by atoms with E-state index >= 15 is 0 Å². The Bertz CT molecular complexity index is 470. The van der Waals surface area contributed by atoms with Crippen molar-refractivity contribution in [2.75, 3.05) is 16.8 Å². The van der Waals surface area contributed by atoms with E-state index in [1.165, 1.54) is 19.2 Å². The molecule has 88 valence electrons. The van der Waals surface area contributed by atoms with Crippen molar-refractivity contribution in [3.63, 3.8) is 0 Å². The summed E-state index contributed by atoms with van der Waals surface area (Å²) in [6.45, 7) is 0. The fourth-order valence-electron chi connectivity index (χ4n) is 1.03. The van der Waals surface area contributed by atoms with Gasteiger partial charge in [0.15, 0.2) is 0 Å². The van der Waals surface area contributed by atoms with Crippen molar-refractivity contribution < 1.29 is 13.2 Å². The van der Waals surface area contributed by atoms with Crippen LogP contribution in [0.3, 0.4) is 0 Å². The number of hydrogen-bond donors (Lipinski definition) is 2. The van der Waals surface area contributed by atoms with E-state index in [0.29, 0.717) is 10.1 Å². The summed E-state index contributed by atoms with van der Waals surface area (Å²) in [6, 6.07) is 5.98. The summed E-state index contributed by atoms with van der Waals surface area (Å²) in [5.41, 5.74) is 0.580. The van der Waals surface area contributed by atoms with Crippen LogP contribution in [0.25, 0.3) is 0 Å². The Hall–Kier alpha value is -0.670. The number of sulfonamides is 1. The van der Waals surface area contributed by atoms with E-state index in [9.17, 15) is 13.2 Å². The van der Waals surface area contributed by atoms with Crippen molar-refractivity contribution in [1.82, 2.24) is 4.72 Å². The van der Waals surface area contributed by atoms with Crippen LogP contribution in [0, 0.1) is 0 Å². The highest BCUT2D eigenvalue weighted by molar-refractivity contribution is 14.1. The second-order valence-corrected chi connectivity index (χ2v) is 5.56. The highest BCUT2D eigenvalue weighted by Gasteiger charge is 2.10. The Kier molecular flexibility index (Phi) is 4.69. The molecule has 1 aromatic carbocycles. The zero-order chi connectivity index (χ0) is 12.2. The SMILES string of the molecule is CNS(=O)(=O)c1ccc(NC(=O)CI)cc1. The summed E-state index contributed by atoms with van der Waals surface area (Å²) in [5, 5.41) is 2.63. The summed E-state index contributed by atoms with van der Waals surface area (Å²) < 4.78 is 25.4. The van der Waals surface area contributed by atoms with Gasteiger partial charge in [0.2, 0.25) is 15.9 Å². The van der Waals surface area contributed by atoms with Crippen molar-refractivity contribution in [1.29, 1.82) is 0 Å². The second kappa shape index (κ2) is 5.60. The molecule has 1 amide bonds. The van der Waals surface area contributed by atoms with Gasteiger partial charge in [-0.1, -0.05) is 22.6 Å². The third-order valence-corrected chi connectivity index (χ3v) is 3.96. The highest BCUT2D eigenvalue weighted by Crippen LogP contribution is 2.13. The minimum atomic E-state index is -3.41. The van der Waals surface area contributed by atoms with E-state index in [-0.39, 0.29) is 10.8 Å². The van der Waals surface area contributed by atoms with Crippen LogP contribution in [0.1, 0.15) is 0 Å². The lowest BCUT2D eigenvalue weighted by molar-refractivity contribution is -0.113. The van der Waals surface area contributed by atoms with Gasteiger partial charge in [0.25, 0.3) is 0 Å². The van der Waals surface area contributed by atoms with Gasteiger partial charge in [-0.2, -0.15) is 0 Å². The molecule has 0 aromatic heterocycles. The predicted octanol–water partition coefficient (Wildman–Crippen LogP) is 0.968. The Morgan fingerprint density at radius 2 is 1.88 bits per heavy atom. The van der Waals surface area contributed by atoms with Gasteiger partial charge in [0, 0.05) is 5.69 Å². The fourth-order valence-corrected chi connectivity index (χ4v) is 1.95. The molecule has 5 nitrogen and oxygen atoms in total. The Morgan fingerprint density at radius 3 is 2.31 bits per heavy atom. The monoisotopic (exact) mass is 354 g/mol. The van der Waals surface area contributed by atoms with Crippen LogP contribution >= 0.6 is 22.6 Å². The van der Waals surface area contributed by atoms with Gasteiger partial charge in [-0.15, -0.1) is 0 Å². The van der Waals surface area contributed by atoms with E-state index in [0.717, 1.165) is 0 Å². The summed E-state index contributed by atoms with van der Waals surface area (Å²) >= 11 is 1.95. The molecule has 0 spiro atoms. The normalized spacial score (nSPS) is 11.1. The molecule has 0 atom stereocenters. The lowest BCUT2D eigenvalue weighted by Gasteiger charge is -2.05. The molecule has 0 aliphatic rings. The maximum absolute atomic E-state index is 11.4. The predicted molar refractivity (Wildman–Crippen MR) is 70.2 cm³/mol. The van der Waals surface area contributed by atoms with Gasteiger partial charge in [0.1, 0.15) is 0 Å².